The van der Waals surface area contributed by atoms with Gasteiger partial charge >= 0.3 is 0 Å². The molecule has 2 aromatic rings. The highest BCUT2D eigenvalue weighted by Gasteiger charge is 2.34. The second-order valence-corrected chi connectivity index (χ2v) is 10.3. The maximum atomic E-state index is 13.4. The first-order chi connectivity index (χ1) is 14.4. The zero-order valence-electron chi connectivity index (χ0n) is 17.2. The van der Waals surface area contributed by atoms with E-state index in [2.05, 4.69) is 11.1 Å². The number of nitrogens with one attached hydrogen (secondary N) is 1. The number of sulfonamides is 1. The summed E-state index contributed by atoms with van der Waals surface area (Å²) in [5.41, 5.74) is 2.96. The Morgan fingerprint density at radius 1 is 1.30 bits per heavy atom. The number of carbonyl (C=O) groups excluding carboxylic acids is 1. The van der Waals surface area contributed by atoms with Gasteiger partial charge in [-0.1, -0.05) is 13.0 Å². The van der Waals surface area contributed by atoms with Gasteiger partial charge in [0, 0.05) is 48.8 Å². The number of piperidine rings is 1. The van der Waals surface area contributed by atoms with Gasteiger partial charge in [-0.3, -0.25) is 4.79 Å². The van der Waals surface area contributed by atoms with Gasteiger partial charge in [-0.2, -0.15) is 0 Å². The molecular weight excluding hydrogens is 405 g/mol. The molecule has 0 saturated carbocycles. The Morgan fingerprint density at radius 3 is 2.87 bits per heavy atom. The van der Waals surface area contributed by atoms with E-state index in [1.54, 1.807) is 6.07 Å². The number of halogens is 1. The monoisotopic (exact) mass is 433 g/mol. The Labute approximate surface area is 176 Å². The third kappa shape index (κ3) is 4.16. The van der Waals surface area contributed by atoms with Crippen LogP contribution in [0.1, 0.15) is 38.2 Å². The maximum Gasteiger partial charge on any atom is 0.227 e. The number of aromatic amines is 1. The van der Waals surface area contributed by atoms with Gasteiger partial charge in [-0.25, -0.2) is 17.1 Å². The molecule has 1 fully saturated rings. The van der Waals surface area contributed by atoms with Crippen LogP contribution < -0.4 is 0 Å². The van der Waals surface area contributed by atoms with E-state index in [0.717, 1.165) is 41.3 Å². The fourth-order valence-electron chi connectivity index (χ4n) is 4.52. The predicted molar refractivity (Wildman–Crippen MR) is 116 cm³/mol. The van der Waals surface area contributed by atoms with E-state index in [1.807, 2.05) is 18.0 Å². The van der Waals surface area contributed by atoms with Crippen LogP contribution in [0, 0.1) is 11.7 Å². The van der Waals surface area contributed by atoms with E-state index >= 15 is 0 Å². The average Bonchev–Trinajstić information content (AvgIpc) is 3.16. The van der Waals surface area contributed by atoms with Crippen molar-refractivity contribution in [1.82, 2.24) is 14.2 Å². The molecule has 0 radical (unpaired) electrons. The van der Waals surface area contributed by atoms with Crippen molar-refractivity contribution >= 4 is 32.4 Å². The van der Waals surface area contributed by atoms with Crippen LogP contribution in [0.15, 0.2) is 30.5 Å². The van der Waals surface area contributed by atoms with Crippen molar-refractivity contribution in [3.05, 3.63) is 41.9 Å². The van der Waals surface area contributed by atoms with E-state index in [0.29, 0.717) is 32.6 Å². The summed E-state index contributed by atoms with van der Waals surface area (Å²) in [7, 11) is -3.27. The number of amides is 1. The maximum absolute atomic E-state index is 13.4. The van der Waals surface area contributed by atoms with Crippen LogP contribution in [0.3, 0.4) is 0 Å². The zero-order chi connectivity index (χ0) is 21.3. The van der Waals surface area contributed by atoms with Gasteiger partial charge < -0.3 is 9.88 Å². The SMILES string of the molecule is CCCS(=O)(=O)N1CCCC(C(=O)N2CC=C(c3c[nH]c4cc(F)ccc34)CC2)C1. The van der Waals surface area contributed by atoms with Crippen molar-refractivity contribution < 1.29 is 17.6 Å². The lowest BCUT2D eigenvalue weighted by atomic mass is 9.95. The molecule has 6 nitrogen and oxygen atoms in total. The molecule has 1 atom stereocenters. The summed E-state index contributed by atoms with van der Waals surface area (Å²) in [5, 5.41) is 0.978. The number of hydrogen-bond acceptors (Lipinski definition) is 3. The Kier molecular flexibility index (Phi) is 5.97. The third-order valence-corrected chi connectivity index (χ3v) is 8.14. The van der Waals surface area contributed by atoms with Crippen molar-refractivity contribution in [1.29, 1.82) is 0 Å². The largest absolute Gasteiger partial charge is 0.360 e. The van der Waals surface area contributed by atoms with Crippen molar-refractivity contribution in [2.24, 2.45) is 5.92 Å². The van der Waals surface area contributed by atoms with Crippen LogP contribution in [0.25, 0.3) is 16.5 Å². The minimum Gasteiger partial charge on any atom is -0.360 e. The molecule has 1 N–H and O–H groups in total. The minimum atomic E-state index is -3.27. The Morgan fingerprint density at radius 2 is 2.13 bits per heavy atom. The summed E-state index contributed by atoms with van der Waals surface area (Å²) in [6, 6.07) is 4.72. The lowest BCUT2D eigenvalue weighted by molar-refractivity contribution is -0.136. The molecule has 0 aliphatic carbocycles. The fraction of sp³-hybridized carbons (Fsp3) is 0.500. The Hall–Kier alpha value is -2.19. The van der Waals surface area contributed by atoms with Gasteiger partial charge in [0.05, 0.1) is 11.7 Å². The first-order valence-corrected chi connectivity index (χ1v) is 12.2. The molecule has 1 unspecified atom stereocenters. The van der Waals surface area contributed by atoms with Gasteiger partial charge in [0.15, 0.2) is 0 Å². The lowest BCUT2D eigenvalue weighted by Crippen LogP contribution is -2.48. The number of hydrogen-bond donors (Lipinski definition) is 1. The summed E-state index contributed by atoms with van der Waals surface area (Å²) in [4.78, 5) is 18.0. The van der Waals surface area contributed by atoms with Crippen molar-refractivity contribution in [3.63, 3.8) is 0 Å². The van der Waals surface area contributed by atoms with Crippen LogP contribution in [0.4, 0.5) is 4.39 Å². The summed E-state index contributed by atoms with van der Waals surface area (Å²) in [5.74, 6) is -0.356. The van der Waals surface area contributed by atoms with Crippen LogP contribution in [0.2, 0.25) is 0 Å². The summed E-state index contributed by atoms with van der Waals surface area (Å²) in [6.07, 6.45) is 6.71. The van der Waals surface area contributed by atoms with E-state index < -0.39 is 10.0 Å². The van der Waals surface area contributed by atoms with Crippen molar-refractivity contribution in [3.8, 4) is 0 Å². The number of nitrogens with zero attached hydrogens (tertiary/aromatic N) is 2. The molecule has 8 heteroatoms. The molecule has 2 aliphatic heterocycles. The first kappa shape index (κ1) is 21.1. The van der Waals surface area contributed by atoms with Crippen LogP contribution in [-0.2, 0) is 14.8 Å². The van der Waals surface area contributed by atoms with Gasteiger partial charge in [0.1, 0.15) is 5.82 Å². The summed E-state index contributed by atoms with van der Waals surface area (Å²) >= 11 is 0. The molecule has 0 spiro atoms. The predicted octanol–water partition coefficient (Wildman–Crippen LogP) is 3.37. The quantitative estimate of drug-likeness (QED) is 0.786. The molecule has 1 amide bonds. The smallest absolute Gasteiger partial charge is 0.227 e. The van der Waals surface area contributed by atoms with Gasteiger partial charge in [-0.15, -0.1) is 0 Å². The molecule has 0 bridgehead atoms. The number of aromatic nitrogens is 1. The van der Waals surface area contributed by atoms with E-state index in [1.165, 1.54) is 16.4 Å². The number of rotatable bonds is 5. The molecule has 30 heavy (non-hydrogen) atoms. The molecule has 4 rings (SSSR count). The van der Waals surface area contributed by atoms with Crippen LogP contribution in [-0.4, -0.2) is 60.4 Å². The molecular formula is C22H28FN3O3S. The highest BCUT2D eigenvalue weighted by molar-refractivity contribution is 7.89. The van der Waals surface area contributed by atoms with Gasteiger partial charge in [-0.05, 0) is 49.5 Å². The third-order valence-electron chi connectivity index (χ3n) is 6.10. The highest BCUT2D eigenvalue weighted by atomic mass is 32.2. The second kappa shape index (κ2) is 8.51. The number of carbonyl (C=O) groups is 1. The summed E-state index contributed by atoms with van der Waals surface area (Å²) in [6.45, 7) is 3.78. The molecule has 1 aromatic heterocycles. The first-order valence-electron chi connectivity index (χ1n) is 10.6. The highest BCUT2D eigenvalue weighted by Crippen LogP contribution is 2.30. The molecule has 2 aliphatic rings. The number of fused-ring (bicyclic) bond motifs is 1. The lowest BCUT2D eigenvalue weighted by Gasteiger charge is -2.35. The Bertz CT molecular complexity index is 1080. The molecule has 1 aromatic carbocycles. The molecule has 1 saturated heterocycles. The van der Waals surface area contributed by atoms with Gasteiger partial charge in [0.25, 0.3) is 0 Å². The average molecular weight is 434 g/mol. The zero-order valence-corrected chi connectivity index (χ0v) is 18.0. The summed E-state index contributed by atoms with van der Waals surface area (Å²) < 4.78 is 39.7. The van der Waals surface area contributed by atoms with Crippen molar-refractivity contribution in [2.45, 2.75) is 32.6 Å². The van der Waals surface area contributed by atoms with Crippen molar-refractivity contribution in [2.75, 3.05) is 31.9 Å². The van der Waals surface area contributed by atoms with E-state index in [4.69, 9.17) is 0 Å². The fourth-order valence-corrected chi connectivity index (χ4v) is 6.11. The van der Waals surface area contributed by atoms with E-state index in [-0.39, 0.29) is 23.4 Å². The molecule has 162 valence electrons. The van der Waals surface area contributed by atoms with Crippen LogP contribution in [0.5, 0.6) is 0 Å². The topological polar surface area (TPSA) is 73.5 Å². The Balaban J connectivity index is 1.44. The normalized spacial score (nSPS) is 21.1. The molecule has 3 heterocycles. The number of benzene rings is 1. The standard InChI is InChI=1S/C22H28FN3O3S/c1-2-12-30(28,29)26-9-3-4-17(15-26)22(27)25-10-7-16(8-11-25)20-14-24-21-13-18(23)5-6-19(20)21/h5-7,13-14,17,24H,2-4,8-12,15H2,1H3. The van der Waals surface area contributed by atoms with Crippen LogP contribution >= 0.6 is 0 Å². The van der Waals surface area contributed by atoms with Gasteiger partial charge in [0.2, 0.25) is 15.9 Å². The number of H-pyrrole nitrogens is 1. The minimum absolute atomic E-state index is 0.0442. The second-order valence-electron chi connectivity index (χ2n) is 8.17. The van der Waals surface area contributed by atoms with E-state index in [9.17, 15) is 17.6 Å².